The first-order valence-electron chi connectivity index (χ1n) is 7.40. The molecule has 20 heavy (non-hydrogen) atoms. The van der Waals surface area contributed by atoms with Crippen molar-refractivity contribution in [2.75, 3.05) is 13.7 Å². The van der Waals surface area contributed by atoms with E-state index in [9.17, 15) is 4.39 Å². The van der Waals surface area contributed by atoms with Gasteiger partial charge in [-0.05, 0) is 19.0 Å². The Hall–Kier alpha value is -1.13. The average molecular weight is 279 g/mol. The fourth-order valence-corrected chi connectivity index (χ4v) is 3.33. The van der Waals surface area contributed by atoms with Crippen LogP contribution in [-0.2, 0) is 4.74 Å². The molecule has 1 aromatic rings. The smallest absolute Gasteiger partial charge is 0.127 e. The van der Waals surface area contributed by atoms with Crippen LogP contribution >= 0.6 is 0 Å². The molecule has 1 saturated carbocycles. The lowest BCUT2D eigenvalue weighted by Gasteiger charge is -2.51. The molecule has 4 heteroatoms. The van der Waals surface area contributed by atoms with E-state index in [1.54, 1.807) is 7.11 Å². The zero-order chi connectivity index (χ0) is 14.2. The molecule has 1 aromatic carbocycles. The number of rotatable bonds is 4. The van der Waals surface area contributed by atoms with E-state index in [4.69, 9.17) is 9.47 Å². The zero-order valence-corrected chi connectivity index (χ0v) is 12.1. The van der Waals surface area contributed by atoms with Crippen LogP contribution in [-0.4, -0.2) is 25.4 Å². The summed E-state index contributed by atoms with van der Waals surface area (Å²) in [5, 5.41) is 3.56. The molecular weight excluding hydrogens is 257 g/mol. The van der Waals surface area contributed by atoms with Gasteiger partial charge < -0.3 is 14.8 Å². The first-order chi connectivity index (χ1) is 9.65. The maximum absolute atomic E-state index is 13.5. The highest BCUT2D eigenvalue weighted by Gasteiger charge is 2.51. The Morgan fingerprint density at radius 3 is 2.90 bits per heavy atom. The van der Waals surface area contributed by atoms with Crippen molar-refractivity contribution in [3.8, 4) is 5.75 Å². The highest BCUT2D eigenvalue weighted by molar-refractivity contribution is 5.40. The van der Waals surface area contributed by atoms with Crippen molar-refractivity contribution in [2.45, 2.75) is 50.4 Å². The zero-order valence-electron chi connectivity index (χ0n) is 12.1. The Bertz CT molecular complexity index is 485. The first-order valence-corrected chi connectivity index (χ1v) is 7.40. The first kappa shape index (κ1) is 13.8. The maximum atomic E-state index is 13.5. The number of hydrogen-bond acceptors (Lipinski definition) is 3. The molecule has 1 spiro atoms. The van der Waals surface area contributed by atoms with Crippen LogP contribution < -0.4 is 10.1 Å². The van der Waals surface area contributed by atoms with Gasteiger partial charge in [-0.15, -0.1) is 0 Å². The number of hydrogen-bond donors (Lipinski definition) is 1. The lowest BCUT2D eigenvalue weighted by Crippen LogP contribution is -2.56. The number of halogens is 1. The number of fused-ring (bicyclic) bond motifs is 1. The van der Waals surface area contributed by atoms with E-state index in [0.29, 0.717) is 5.75 Å². The van der Waals surface area contributed by atoms with Crippen LogP contribution in [0.5, 0.6) is 5.75 Å². The Morgan fingerprint density at radius 1 is 1.40 bits per heavy atom. The van der Waals surface area contributed by atoms with Gasteiger partial charge in [0.1, 0.15) is 17.2 Å². The van der Waals surface area contributed by atoms with Crippen molar-refractivity contribution in [3.05, 3.63) is 29.6 Å². The lowest BCUT2D eigenvalue weighted by atomic mass is 9.71. The van der Waals surface area contributed by atoms with E-state index in [2.05, 4.69) is 12.2 Å². The second kappa shape index (κ2) is 5.34. The fraction of sp³-hybridized carbons (Fsp3) is 0.625. The van der Waals surface area contributed by atoms with Gasteiger partial charge >= 0.3 is 0 Å². The van der Waals surface area contributed by atoms with Gasteiger partial charge in [0.2, 0.25) is 0 Å². The minimum Gasteiger partial charge on any atom is -0.487 e. The van der Waals surface area contributed by atoms with Gasteiger partial charge in [-0.25, -0.2) is 4.39 Å². The van der Waals surface area contributed by atoms with Crippen LogP contribution in [0.4, 0.5) is 4.39 Å². The van der Waals surface area contributed by atoms with E-state index < -0.39 is 0 Å². The van der Waals surface area contributed by atoms with E-state index in [1.807, 2.05) is 6.07 Å². The predicted octanol–water partition coefficient (Wildman–Crippen LogP) is 3.20. The topological polar surface area (TPSA) is 30.5 Å². The molecule has 3 nitrogen and oxygen atoms in total. The fourth-order valence-electron chi connectivity index (χ4n) is 3.33. The summed E-state index contributed by atoms with van der Waals surface area (Å²) >= 11 is 0. The number of benzene rings is 1. The highest BCUT2D eigenvalue weighted by atomic mass is 19.1. The van der Waals surface area contributed by atoms with E-state index in [1.165, 1.54) is 12.1 Å². The average Bonchev–Trinajstić information content (AvgIpc) is 2.41. The van der Waals surface area contributed by atoms with Crippen molar-refractivity contribution < 1.29 is 13.9 Å². The SMILES string of the molecule is CCCNC1CC2(CC(OC)C2)Oc2cc(F)ccc21. The molecule has 0 radical (unpaired) electrons. The quantitative estimate of drug-likeness (QED) is 0.918. The minimum absolute atomic E-state index is 0.174. The molecule has 0 aromatic heterocycles. The largest absolute Gasteiger partial charge is 0.487 e. The summed E-state index contributed by atoms with van der Waals surface area (Å²) in [6.07, 6.45) is 4.08. The number of nitrogens with one attached hydrogen (secondary N) is 1. The van der Waals surface area contributed by atoms with Gasteiger partial charge in [0, 0.05) is 44.0 Å². The van der Waals surface area contributed by atoms with Gasteiger partial charge in [0.15, 0.2) is 0 Å². The Labute approximate surface area is 119 Å². The number of ether oxygens (including phenoxy) is 2. The van der Waals surface area contributed by atoms with Crippen molar-refractivity contribution in [2.24, 2.45) is 0 Å². The van der Waals surface area contributed by atoms with Crippen molar-refractivity contribution in [1.29, 1.82) is 0 Å². The van der Waals surface area contributed by atoms with Crippen LogP contribution in [0.25, 0.3) is 0 Å². The summed E-state index contributed by atoms with van der Waals surface area (Å²) in [5.74, 6) is 0.456. The molecular formula is C16H22FNO2. The van der Waals surface area contributed by atoms with Crippen LogP contribution in [0.3, 0.4) is 0 Å². The molecule has 3 rings (SSSR count). The van der Waals surface area contributed by atoms with Gasteiger partial charge in [-0.2, -0.15) is 0 Å². The van der Waals surface area contributed by atoms with Crippen molar-refractivity contribution in [1.82, 2.24) is 5.32 Å². The van der Waals surface area contributed by atoms with E-state index in [0.717, 1.165) is 37.8 Å². The lowest BCUT2D eigenvalue weighted by molar-refractivity contribution is -0.126. The second-order valence-electron chi connectivity index (χ2n) is 5.94. The molecule has 1 fully saturated rings. The summed E-state index contributed by atoms with van der Waals surface area (Å²) in [5.41, 5.74) is 0.902. The van der Waals surface area contributed by atoms with Gasteiger partial charge in [-0.3, -0.25) is 0 Å². The minimum atomic E-state index is -0.238. The van der Waals surface area contributed by atoms with Gasteiger partial charge in [0.25, 0.3) is 0 Å². The summed E-state index contributed by atoms with van der Waals surface area (Å²) in [6.45, 7) is 3.11. The van der Waals surface area contributed by atoms with Gasteiger partial charge in [-0.1, -0.05) is 13.0 Å². The van der Waals surface area contributed by atoms with Gasteiger partial charge in [0.05, 0.1) is 6.10 Å². The van der Waals surface area contributed by atoms with Crippen LogP contribution in [0.2, 0.25) is 0 Å². The van der Waals surface area contributed by atoms with Crippen molar-refractivity contribution in [3.63, 3.8) is 0 Å². The molecule has 0 bridgehead atoms. The Kier molecular flexibility index (Phi) is 3.69. The third kappa shape index (κ3) is 2.42. The third-order valence-electron chi connectivity index (χ3n) is 4.43. The van der Waals surface area contributed by atoms with E-state index in [-0.39, 0.29) is 23.6 Å². The summed E-state index contributed by atoms with van der Waals surface area (Å²) in [7, 11) is 1.74. The summed E-state index contributed by atoms with van der Waals surface area (Å²) in [4.78, 5) is 0. The second-order valence-corrected chi connectivity index (χ2v) is 5.94. The molecule has 0 saturated heterocycles. The molecule has 1 aliphatic carbocycles. The predicted molar refractivity (Wildman–Crippen MR) is 75.4 cm³/mol. The summed E-state index contributed by atoms with van der Waals surface area (Å²) in [6, 6.07) is 5.12. The summed E-state index contributed by atoms with van der Waals surface area (Å²) < 4.78 is 25.0. The molecule has 110 valence electrons. The van der Waals surface area contributed by atoms with Crippen LogP contribution in [0, 0.1) is 5.82 Å². The molecule has 1 atom stereocenters. The Balaban J connectivity index is 1.84. The molecule has 0 amide bonds. The highest BCUT2D eigenvalue weighted by Crippen LogP contribution is 2.49. The molecule has 1 N–H and O–H groups in total. The van der Waals surface area contributed by atoms with Crippen molar-refractivity contribution >= 4 is 0 Å². The molecule has 1 unspecified atom stereocenters. The molecule has 2 aliphatic rings. The molecule has 1 heterocycles. The monoisotopic (exact) mass is 279 g/mol. The van der Waals surface area contributed by atoms with Crippen LogP contribution in [0.15, 0.2) is 18.2 Å². The van der Waals surface area contributed by atoms with Crippen LogP contribution in [0.1, 0.15) is 44.2 Å². The third-order valence-corrected chi connectivity index (χ3v) is 4.43. The standard InChI is InChI=1S/C16H22FNO2/c1-3-6-18-14-10-16(8-12(9-16)19-2)20-15-7-11(17)4-5-13(14)15/h4-5,7,12,14,18H,3,6,8-10H2,1-2H3. The van der Waals surface area contributed by atoms with E-state index >= 15 is 0 Å². The maximum Gasteiger partial charge on any atom is 0.127 e. The Morgan fingerprint density at radius 2 is 2.20 bits per heavy atom. The number of methoxy groups -OCH3 is 1. The normalized spacial score (nSPS) is 31.6. The molecule has 1 aliphatic heterocycles.